The molecule has 316 valence electrons. The van der Waals surface area contributed by atoms with Crippen molar-refractivity contribution < 1.29 is 34.1 Å². The number of aryl methyl sites for hydroxylation is 1. The van der Waals surface area contributed by atoms with Crippen molar-refractivity contribution in [2.75, 3.05) is 27.2 Å². The lowest BCUT2D eigenvalue weighted by atomic mass is 10.0. The highest BCUT2D eigenvalue weighted by atomic mass is 16.5. The van der Waals surface area contributed by atoms with Gasteiger partial charge in [0.25, 0.3) is 0 Å². The molecule has 3 N–H and O–H groups in total. The number of fused-ring (bicyclic) bond motifs is 2. The molecule has 1 saturated heterocycles. The number of phenolic OH excluding ortho intramolecular Hbond substituents is 1. The second-order valence-electron chi connectivity index (χ2n) is 15.4. The summed E-state index contributed by atoms with van der Waals surface area (Å²) in [6, 6.07) is 25.0. The second-order valence-corrected chi connectivity index (χ2v) is 15.4. The number of benzene rings is 3. The Balaban J connectivity index is 0.000000228. The fourth-order valence-corrected chi connectivity index (χ4v) is 6.96. The van der Waals surface area contributed by atoms with Crippen LogP contribution in [0.1, 0.15) is 70.4 Å². The first-order valence-corrected chi connectivity index (χ1v) is 20.2. The van der Waals surface area contributed by atoms with Gasteiger partial charge in [-0.3, -0.25) is 9.59 Å². The molecular weight excluding hydrogens is 745 g/mol. The third-order valence-electron chi connectivity index (χ3n) is 9.97. The number of carbonyl (C=O) groups excluding carboxylic acids is 3. The number of carboxylic acid groups (broad SMARTS) is 1. The number of aromatic nitrogens is 1. The van der Waals surface area contributed by atoms with Crippen LogP contribution in [0.3, 0.4) is 0 Å². The largest absolute Gasteiger partial charge is 0.508 e. The van der Waals surface area contributed by atoms with E-state index >= 15 is 0 Å². The molecule has 59 heavy (non-hydrogen) atoms. The zero-order valence-corrected chi connectivity index (χ0v) is 35.4. The lowest BCUT2D eigenvalue weighted by Gasteiger charge is -2.25. The van der Waals surface area contributed by atoms with Crippen LogP contribution in [-0.2, 0) is 32.1 Å². The highest BCUT2D eigenvalue weighted by Crippen LogP contribution is 2.45. The van der Waals surface area contributed by atoms with Crippen LogP contribution in [0.15, 0.2) is 105 Å². The number of hydrogen-bond acceptors (Lipinski definition) is 8. The summed E-state index contributed by atoms with van der Waals surface area (Å²) in [7, 11) is 3.83. The quantitative estimate of drug-likeness (QED) is 0.112. The van der Waals surface area contributed by atoms with E-state index in [1.807, 2.05) is 42.5 Å². The van der Waals surface area contributed by atoms with Crippen molar-refractivity contribution in [2.45, 2.75) is 83.8 Å². The predicted octanol–water partition coefficient (Wildman–Crippen LogP) is 8.25. The van der Waals surface area contributed by atoms with Gasteiger partial charge in [0, 0.05) is 54.9 Å². The SMILES string of the molecule is C=C.C=CC1CC1(NC(=O)[C@@H]1CCCN1C(=O)CCC=O)C(=O)O.CC(C)C.CN1CCCc2ccccc2C1.COc1cc(-c2ccccc2)nc2cc(O)ccc12. The van der Waals surface area contributed by atoms with E-state index in [1.165, 1.54) is 35.9 Å². The number of carbonyl (C=O) groups is 4. The van der Waals surface area contributed by atoms with Gasteiger partial charge in [0.15, 0.2) is 0 Å². The molecule has 2 fully saturated rings. The highest BCUT2D eigenvalue weighted by molar-refractivity contribution is 5.95. The second kappa shape index (κ2) is 23.6. The molecule has 0 bridgehead atoms. The molecule has 3 aliphatic rings. The Bertz CT molecular complexity index is 2000. The van der Waals surface area contributed by atoms with Crippen LogP contribution in [0.4, 0.5) is 0 Å². The van der Waals surface area contributed by atoms with Gasteiger partial charge in [0.05, 0.1) is 18.3 Å². The average Bonchev–Trinajstić information content (AvgIpc) is 3.80. The van der Waals surface area contributed by atoms with Crippen LogP contribution < -0.4 is 10.1 Å². The third kappa shape index (κ3) is 13.6. The Hall–Kier alpha value is -5.81. The minimum absolute atomic E-state index is 0.0760. The number of phenols is 1. The van der Waals surface area contributed by atoms with Crippen molar-refractivity contribution in [1.29, 1.82) is 0 Å². The maximum atomic E-state index is 12.4. The summed E-state index contributed by atoms with van der Waals surface area (Å²) >= 11 is 0. The zero-order chi connectivity index (χ0) is 43.5. The first kappa shape index (κ1) is 47.6. The van der Waals surface area contributed by atoms with Crippen LogP contribution in [0.25, 0.3) is 22.2 Å². The molecule has 3 atom stereocenters. The molecule has 3 heterocycles. The van der Waals surface area contributed by atoms with E-state index < -0.39 is 23.5 Å². The van der Waals surface area contributed by atoms with E-state index in [4.69, 9.17) is 4.74 Å². The van der Waals surface area contributed by atoms with Crippen molar-refractivity contribution in [3.8, 4) is 22.8 Å². The molecule has 2 aliphatic heterocycles. The van der Waals surface area contributed by atoms with Gasteiger partial charge in [-0.15, -0.1) is 19.7 Å². The van der Waals surface area contributed by atoms with E-state index in [-0.39, 0.29) is 30.4 Å². The lowest BCUT2D eigenvalue weighted by Crippen LogP contribution is -2.53. The number of likely N-dealkylation sites (tertiary alicyclic amines) is 1. The van der Waals surface area contributed by atoms with Crippen molar-refractivity contribution >= 4 is 35.0 Å². The van der Waals surface area contributed by atoms with Gasteiger partial charge in [-0.05, 0) is 74.9 Å². The fourth-order valence-electron chi connectivity index (χ4n) is 6.96. The predicted molar refractivity (Wildman–Crippen MR) is 235 cm³/mol. The molecule has 2 unspecified atom stereocenters. The number of ether oxygens (including phenoxy) is 1. The topological polar surface area (TPSA) is 149 Å². The van der Waals surface area contributed by atoms with Crippen LogP contribution in [0, 0.1) is 11.8 Å². The summed E-state index contributed by atoms with van der Waals surface area (Å²) in [6.45, 7) is 18.9. The van der Waals surface area contributed by atoms with E-state index in [1.54, 1.807) is 24.8 Å². The van der Waals surface area contributed by atoms with E-state index in [9.17, 15) is 29.4 Å². The normalized spacial score (nSPS) is 18.9. The van der Waals surface area contributed by atoms with Gasteiger partial charge in [-0.1, -0.05) is 81.4 Å². The summed E-state index contributed by atoms with van der Waals surface area (Å²) in [6.07, 6.45) is 6.46. The smallest absolute Gasteiger partial charge is 0.330 e. The van der Waals surface area contributed by atoms with Crippen molar-refractivity contribution in [1.82, 2.24) is 20.1 Å². The average molecular weight is 807 g/mol. The molecule has 1 aromatic heterocycles. The number of nitrogens with zero attached hydrogens (tertiary/aromatic N) is 3. The van der Waals surface area contributed by atoms with Crippen molar-refractivity contribution in [2.24, 2.45) is 11.8 Å². The maximum Gasteiger partial charge on any atom is 0.330 e. The number of amides is 2. The zero-order valence-electron chi connectivity index (χ0n) is 35.4. The molecule has 0 spiro atoms. The highest BCUT2D eigenvalue weighted by Gasteiger charge is 2.61. The molecule has 11 heteroatoms. The number of aliphatic carboxylic acids is 1. The number of nitrogens with one attached hydrogen (secondary N) is 1. The molecule has 1 aliphatic carbocycles. The molecule has 11 nitrogen and oxygen atoms in total. The lowest BCUT2D eigenvalue weighted by molar-refractivity contribution is -0.145. The van der Waals surface area contributed by atoms with Crippen LogP contribution in [-0.4, -0.2) is 87.9 Å². The number of rotatable bonds is 9. The number of pyridine rings is 1. The number of carboxylic acids is 1. The monoisotopic (exact) mass is 806 g/mol. The van der Waals surface area contributed by atoms with Gasteiger partial charge in [-0.25, -0.2) is 9.78 Å². The summed E-state index contributed by atoms with van der Waals surface area (Å²) in [4.78, 5) is 54.5. The van der Waals surface area contributed by atoms with Gasteiger partial charge in [0.2, 0.25) is 11.8 Å². The molecule has 4 aromatic rings. The first-order valence-electron chi connectivity index (χ1n) is 20.2. The molecule has 2 amide bonds. The number of hydrogen-bond donors (Lipinski definition) is 3. The van der Waals surface area contributed by atoms with E-state index in [0.29, 0.717) is 32.1 Å². The summed E-state index contributed by atoms with van der Waals surface area (Å²) < 4.78 is 5.41. The first-order chi connectivity index (χ1) is 28.3. The minimum Gasteiger partial charge on any atom is -0.508 e. The van der Waals surface area contributed by atoms with Crippen LogP contribution in [0.5, 0.6) is 11.5 Å². The van der Waals surface area contributed by atoms with Crippen LogP contribution >= 0.6 is 0 Å². The Kier molecular flexibility index (Phi) is 19.0. The summed E-state index contributed by atoms with van der Waals surface area (Å²) in [5.41, 5.74) is 4.35. The fraction of sp³-hybridized carbons (Fsp3) is 0.396. The maximum absolute atomic E-state index is 12.4. The number of aldehydes is 1. The van der Waals surface area contributed by atoms with Gasteiger partial charge in [0.1, 0.15) is 29.4 Å². The Morgan fingerprint density at radius 2 is 1.64 bits per heavy atom. The molecular formula is C48H62N4O7. The van der Waals surface area contributed by atoms with Crippen LogP contribution in [0.2, 0.25) is 0 Å². The van der Waals surface area contributed by atoms with E-state index in [0.717, 1.165) is 40.4 Å². The summed E-state index contributed by atoms with van der Waals surface area (Å²) in [5.74, 6) is -0.262. The summed E-state index contributed by atoms with van der Waals surface area (Å²) in [5, 5.41) is 22.3. The Labute approximate surface area is 349 Å². The standard InChI is InChI=1S/C16H13NO2.C15H20N2O5.C11H15N.C4H10.C2H4/c1-19-16-10-14(11-5-3-2-4-6-11)17-15-9-12(18)7-8-13(15)16;1-2-10-9-15(10,14(21)22)16-13(20)11-5-3-7-17(11)12(19)6-4-8-18;1-12-8-4-7-10-5-2-3-6-11(10)9-12;1-4(2)3;1-2/h2-10,18H,1H3;2,8,10-11H,1,3-7,9H2,(H,16,20)(H,21,22);2-3,5-6H,4,7-9H2,1H3;4H,1-3H3;1-2H2/t;10?,11-,15?;;;/m.0.../s1. The Morgan fingerprint density at radius 1 is 0.983 bits per heavy atom. The number of aromatic hydroxyl groups is 1. The van der Waals surface area contributed by atoms with Gasteiger partial charge in [-0.2, -0.15) is 0 Å². The van der Waals surface area contributed by atoms with Gasteiger partial charge < -0.3 is 34.9 Å². The van der Waals surface area contributed by atoms with E-state index in [2.05, 4.69) is 87.0 Å². The Morgan fingerprint density at radius 3 is 2.25 bits per heavy atom. The molecule has 7 rings (SSSR count). The third-order valence-corrected chi connectivity index (χ3v) is 9.97. The van der Waals surface area contributed by atoms with Gasteiger partial charge >= 0.3 is 5.97 Å². The minimum atomic E-state index is -1.28. The molecule has 3 aromatic carbocycles. The molecule has 0 radical (unpaired) electrons. The van der Waals surface area contributed by atoms with Crippen molar-refractivity contribution in [3.63, 3.8) is 0 Å². The number of methoxy groups -OCH3 is 1. The van der Waals surface area contributed by atoms with Crippen molar-refractivity contribution in [3.05, 3.63) is 116 Å². The molecule has 1 saturated carbocycles.